The van der Waals surface area contributed by atoms with E-state index in [1.54, 1.807) is 0 Å². The highest BCUT2D eigenvalue weighted by Gasteiger charge is 2.06. The lowest BCUT2D eigenvalue weighted by atomic mass is 10.0. The van der Waals surface area contributed by atoms with E-state index >= 15 is 0 Å². The van der Waals surface area contributed by atoms with Crippen molar-refractivity contribution in [3.63, 3.8) is 0 Å². The zero-order chi connectivity index (χ0) is 8.97. The van der Waals surface area contributed by atoms with Gasteiger partial charge < -0.3 is 5.73 Å². The molecule has 1 aromatic carbocycles. The van der Waals surface area contributed by atoms with E-state index in [1.165, 1.54) is 5.56 Å². The summed E-state index contributed by atoms with van der Waals surface area (Å²) in [5.74, 6) is 1.11. The van der Waals surface area contributed by atoms with E-state index in [1.807, 2.05) is 24.3 Å². The quantitative estimate of drug-likeness (QED) is 0.722. The molecule has 2 N–H and O–H groups in total. The summed E-state index contributed by atoms with van der Waals surface area (Å²) < 4.78 is 0. The molecule has 0 radical (unpaired) electrons. The number of halogens is 1. The van der Waals surface area contributed by atoms with E-state index < -0.39 is 0 Å². The number of nitrogens with two attached hydrogens (primary N) is 1. The maximum absolute atomic E-state index is 5.75. The Hall–Kier alpha value is -0.180. The zero-order valence-corrected chi connectivity index (χ0v) is 8.35. The van der Waals surface area contributed by atoms with Gasteiger partial charge in [0.1, 0.15) is 0 Å². The van der Waals surface area contributed by atoms with Crippen LogP contribution in [0.3, 0.4) is 0 Å². The molecule has 1 aromatic rings. The Morgan fingerprint density at radius 2 is 1.92 bits per heavy atom. The molecule has 0 saturated carbocycles. The zero-order valence-electron chi connectivity index (χ0n) is 6.70. The fraction of sp³-hybridized carbons (Fsp3) is 0.333. The lowest BCUT2D eigenvalue weighted by Gasteiger charge is -2.11. The maximum Gasteiger partial charge on any atom is 0.0406 e. The van der Waals surface area contributed by atoms with E-state index in [0.717, 1.165) is 10.8 Å². The Bertz CT molecular complexity index is 231. The third kappa shape index (κ3) is 2.41. The van der Waals surface area contributed by atoms with Gasteiger partial charge in [-0.25, -0.2) is 0 Å². The number of thiol groups is 1. The van der Waals surface area contributed by atoms with Crippen LogP contribution in [0, 0.1) is 0 Å². The van der Waals surface area contributed by atoms with Crippen LogP contribution >= 0.6 is 24.2 Å². The van der Waals surface area contributed by atoms with Crippen molar-refractivity contribution < 1.29 is 0 Å². The summed E-state index contributed by atoms with van der Waals surface area (Å²) in [4.78, 5) is 0. The second-order valence-electron chi connectivity index (χ2n) is 2.67. The molecule has 0 aliphatic heterocycles. The van der Waals surface area contributed by atoms with Crippen LogP contribution in [0.1, 0.15) is 11.5 Å². The Kier molecular flexibility index (Phi) is 3.92. The van der Waals surface area contributed by atoms with Crippen molar-refractivity contribution in [2.45, 2.75) is 5.92 Å². The normalized spacial score (nSPS) is 12.9. The van der Waals surface area contributed by atoms with Gasteiger partial charge in [-0.3, -0.25) is 0 Å². The van der Waals surface area contributed by atoms with Gasteiger partial charge >= 0.3 is 0 Å². The predicted octanol–water partition coefficient (Wildman–Crippen LogP) is 2.31. The summed E-state index contributed by atoms with van der Waals surface area (Å²) in [6.45, 7) is 0.630. The standard InChI is InChI=1S/C9H12ClNS/c10-9-3-1-7(2-4-9)8(5-11)6-12/h1-4,8,12H,5-6,11H2/t8-/m1/s1. The largest absolute Gasteiger partial charge is 0.330 e. The first-order chi connectivity index (χ1) is 5.77. The van der Waals surface area contributed by atoms with E-state index in [-0.39, 0.29) is 0 Å². The summed E-state index contributed by atoms with van der Waals surface area (Å²) in [5.41, 5.74) is 6.78. The first kappa shape index (κ1) is 9.90. The Morgan fingerprint density at radius 1 is 1.33 bits per heavy atom. The third-order valence-corrected chi connectivity index (χ3v) is 2.54. The molecule has 0 unspecified atom stereocenters. The van der Waals surface area contributed by atoms with E-state index in [4.69, 9.17) is 17.3 Å². The molecule has 0 aliphatic carbocycles. The van der Waals surface area contributed by atoms with Gasteiger partial charge in [0.2, 0.25) is 0 Å². The second kappa shape index (κ2) is 4.75. The van der Waals surface area contributed by atoms with E-state index in [2.05, 4.69) is 12.6 Å². The van der Waals surface area contributed by atoms with Gasteiger partial charge in [-0.15, -0.1) is 0 Å². The molecule has 0 fully saturated rings. The minimum atomic E-state index is 0.339. The molecule has 0 bridgehead atoms. The smallest absolute Gasteiger partial charge is 0.0406 e. The van der Waals surface area contributed by atoms with Crippen LogP contribution < -0.4 is 5.73 Å². The molecule has 66 valence electrons. The summed E-state index contributed by atoms with van der Waals surface area (Å²) in [6.07, 6.45) is 0. The average molecular weight is 202 g/mol. The van der Waals surface area contributed by atoms with Crippen LogP contribution in [0.15, 0.2) is 24.3 Å². The van der Waals surface area contributed by atoms with Gasteiger partial charge in [-0.05, 0) is 30.0 Å². The van der Waals surface area contributed by atoms with Crippen molar-refractivity contribution in [3.05, 3.63) is 34.9 Å². The highest BCUT2D eigenvalue weighted by Crippen LogP contribution is 2.18. The SMILES string of the molecule is NC[C@H](CS)c1ccc(Cl)cc1. The molecular formula is C9H12ClNS. The molecule has 0 amide bonds. The molecule has 1 nitrogen and oxygen atoms in total. The van der Waals surface area contributed by atoms with Gasteiger partial charge in [-0.1, -0.05) is 23.7 Å². The highest BCUT2D eigenvalue weighted by molar-refractivity contribution is 7.80. The molecule has 0 saturated heterocycles. The molecule has 3 heteroatoms. The first-order valence-corrected chi connectivity index (χ1v) is 4.85. The number of rotatable bonds is 3. The van der Waals surface area contributed by atoms with Gasteiger partial charge in [0.05, 0.1) is 0 Å². The third-order valence-electron chi connectivity index (χ3n) is 1.85. The molecule has 12 heavy (non-hydrogen) atoms. The second-order valence-corrected chi connectivity index (χ2v) is 3.47. The molecule has 0 aliphatic rings. The minimum absolute atomic E-state index is 0.339. The summed E-state index contributed by atoms with van der Waals surface area (Å²) in [6, 6.07) is 7.75. The van der Waals surface area contributed by atoms with Crippen molar-refractivity contribution in [1.82, 2.24) is 0 Å². The monoisotopic (exact) mass is 201 g/mol. The van der Waals surface area contributed by atoms with Crippen LogP contribution in [0.2, 0.25) is 5.02 Å². The van der Waals surface area contributed by atoms with Crippen molar-refractivity contribution in [2.24, 2.45) is 5.73 Å². The average Bonchev–Trinajstić information content (AvgIpc) is 2.10. The predicted molar refractivity (Wildman–Crippen MR) is 57.1 cm³/mol. The first-order valence-electron chi connectivity index (χ1n) is 3.84. The number of benzene rings is 1. The summed E-state index contributed by atoms with van der Waals surface area (Å²) in [5, 5.41) is 0.758. The molecule has 0 heterocycles. The Labute approximate surface area is 83.3 Å². The van der Waals surface area contributed by atoms with Gasteiger partial charge in [-0.2, -0.15) is 12.6 Å². The van der Waals surface area contributed by atoms with Gasteiger partial charge in [0, 0.05) is 10.9 Å². The minimum Gasteiger partial charge on any atom is -0.330 e. The van der Waals surface area contributed by atoms with Crippen LogP contribution in [-0.2, 0) is 0 Å². The Balaban J connectivity index is 2.80. The fourth-order valence-electron chi connectivity index (χ4n) is 1.05. The van der Waals surface area contributed by atoms with E-state index in [9.17, 15) is 0 Å². The molecule has 0 aromatic heterocycles. The molecule has 1 rings (SSSR count). The molecule has 1 atom stereocenters. The lowest BCUT2D eigenvalue weighted by Crippen LogP contribution is -2.13. The number of hydrogen-bond donors (Lipinski definition) is 2. The molecule has 0 spiro atoms. The fourth-order valence-corrected chi connectivity index (χ4v) is 1.54. The van der Waals surface area contributed by atoms with Crippen LogP contribution in [0.25, 0.3) is 0 Å². The van der Waals surface area contributed by atoms with Crippen LogP contribution in [-0.4, -0.2) is 12.3 Å². The maximum atomic E-state index is 5.75. The number of hydrogen-bond acceptors (Lipinski definition) is 2. The Morgan fingerprint density at radius 3 is 2.33 bits per heavy atom. The van der Waals surface area contributed by atoms with Crippen molar-refractivity contribution >= 4 is 24.2 Å². The van der Waals surface area contributed by atoms with Crippen molar-refractivity contribution in [3.8, 4) is 0 Å². The van der Waals surface area contributed by atoms with Gasteiger partial charge in [0.25, 0.3) is 0 Å². The van der Waals surface area contributed by atoms with Crippen molar-refractivity contribution in [2.75, 3.05) is 12.3 Å². The topological polar surface area (TPSA) is 26.0 Å². The van der Waals surface area contributed by atoms with Crippen LogP contribution in [0.5, 0.6) is 0 Å². The van der Waals surface area contributed by atoms with Gasteiger partial charge in [0.15, 0.2) is 0 Å². The summed E-state index contributed by atoms with van der Waals surface area (Å²) >= 11 is 9.97. The van der Waals surface area contributed by atoms with E-state index in [0.29, 0.717) is 12.5 Å². The lowest BCUT2D eigenvalue weighted by molar-refractivity contribution is 0.787. The van der Waals surface area contributed by atoms with Crippen molar-refractivity contribution in [1.29, 1.82) is 0 Å². The highest BCUT2D eigenvalue weighted by atomic mass is 35.5. The van der Waals surface area contributed by atoms with Crippen LogP contribution in [0.4, 0.5) is 0 Å². The molecular weight excluding hydrogens is 190 g/mol. The summed E-state index contributed by atoms with van der Waals surface area (Å²) in [7, 11) is 0.